The molecule has 13 heteroatoms. The minimum Gasteiger partial charge on any atom is -0.382 e. The molecule has 6 heterocycles. The van der Waals surface area contributed by atoms with Gasteiger partial charge in [-0.3, -0.25) is 14.9 Å². The second kappa shape index (κ2) is 8.83. The van der Waals surface area contributed by atoms with E-state index in [-0.39, 0.29) is 40.4 Å². The lowest BCUT2D eigenvalue weighted by molar-refractivity contribution is 0.0556. The second-order valence-corrected chi connectivity index (χ2v) is 12.9. The molecule has 7 rings (SSSR count). The number of nitrogen functional groups attached to an aromatic ring is 1. The number of fused-ring (bicyclic) bond motifs is 3. The maximum atomic E-state index is 13.1. The van der Waals surface area contributed by atoms with E-state index in [0.29, 0.717) is 30.1 Å². The molecule has 4 aromatic heterocycles. The van der Waals surface area contributed by atoms with Crippen LogP contribution in [0.3, 0.4) is 0 Å². The van der Waals surface area contributed by atoms with Crippen LogP contribution >= 0.6 is 0 Å². The van der Waals surface area contributed by atoms with Crippen LogP contribution < -0.4 is 5.73 Å². The Morgan fingerprint density at radius 3 is 2.41 bits per heavy atom. The van der Waals surface area contributed by atoms with Gasteiger partial charge >= 0.3 is 0 Å². The van der Waals surface area contributed by atoms with Gasteiger partial charge in [0.2, 0.25) is 5.82 Å². The van der Waals surface area contributed by atoms with Crippen LogP contribution in [0.4, 0.5) is 5.82 Å². The summed E-state index contributed by atoms with van der Waals surface area (Å²) in [6.45, 7) is 0. The zero-order valence-electron chi connectivity index (χ0n) is 21.5. The second-order valence-electron chi connectivity index (χ2n) is 11.0. The van der Waals surface area contributed by atoms with E-state index in [1.807, 2.05) is 17.2 Å². The summed E-state index contributed by atoms with van der Waals surface area (Å²) in [6.07, 6.45) is 12.4. The van der Waals surface area contributed by atoms with Gasteiger partial charge in [-0.15, -0.1) is 0 Å². The molecule has 2 bridgehead atoms. The third kappa shape index (κ3) is 3.89. The molecule has 0 aromatic carbocycles. The van der Waals surface area contributed by atoms with Gasteiger partial charge in [-0.05, 0) is 44.6 Å². The quantitative estimate of drug-likeness (QED) is 0.382. The van der Waals surface area contributed by atoms with Crippen molar-refractivity contribution in [1.82, 2.24) is 39.7 Å². The molecule has 1 saturated carbocycles. The van der Waals surface area contributed by atoms with Crippen molar-refractivity contribution in [3.05, 3.63) is 48.1 Å². The van der Waals surface area contributed by atoms with Gasteiger partial charge in [-0.2, -0.15) is 14.7 Å². The van der Waals surface area contributed by atoms with Crippen molar-refractivity contribution >= 4 is 27.2 Å². The standard InChI is InChI=1S/C26H29N9O3S/c1-39(37,38)22-21(16-9-17-6-7-18(10-16)34(17)26(36)24-29-13-30-33-24)32-25-19(12-31-35(25)23(22)27)15-5-8-20(28-11-15)14-3-2-4-14/h5,8,11-14,16-18H,2-4,6-7,9-10,27H2,1H3,(H,29,30,33)/t16?,17-,18?/m1/s1. The van der Waals surface area contributed by atoms with Gasteiger partial charge in [0.15, 0.2) is 15.5 Å². The molecule has 2 aliphatic heterocycles. The number of carbonyl (C=O) groups is 1. The SMILES string of the molecule is CS(=O)(=O)c1c(C2CC3CC[C@H](C2)N3C(=O)c2ncn[nH]2)nc2c(-c3ccc(C4CCC4)nc3)cnn2c1N. The van der Waals surface area contributed by atoms with E-state index in [1.54, 1.807) is 6.20 Å². The molecule has 1 aliphatic carbocycles. The van der Waals surface area contributed by atoms with Crippen LogP contribution in [-0.2, 0) is 9.84 Å². The summed E-state index contributed by atoms with van der Waals surface area (Å²) in [5.74, 6) is 0.431. The number of pyridine rings is 1. The Morgan fingerprint density at radius 1 is 1.05 bits per heavy atom. The highest BCUT2D eigenvalue weighted by atomic mass is 32.2. The number of aromatic nitrogens is 7. The number of aromatic amines is 1. The number of rotatable bonds is 5. The molecular formula is C26H29N9O3S. The normalized spacial score (nSPS) is 23.3. The molecule has 39 heavy (non-hydrogen) atoms. The lowest BCUT2D eigenvalue weighted by Gasteiger charge is -2.38. The Hall–Kier alpha value is -3.87. The summed E-state index contributed by atoms with van der Waals surface area (Å²) in [5.41, 5.74) is 10.1. The topological polar surface area (TPSA) is 165 Å². The van der Waals surface area contributed by atoms with Gasteiger partial charge < -0.3 is 10.6 Å². The summed E-state index contributed by atoms with van der Waals surface area (Å²) >= 11 is 0. The minimum atomic E-state index is -3.72. The molecule has 3 N–H and O–H groups in total. The fourth-order valence-electron chi connectivity index (χ4n) is 6.55. The first kappa shape index (κ1) is 24.2. The van der Waals surface area contributed by atoms with Crippen molar-refractivity contribution in [2.24, 2.45) is 0 Å². The fraction of sp³-hybridized carbons (Fsp3) is 0.462. The van der Waals surface area contributed by atoms with Gasteiger partial charge in [0.25, 0.3) is 5.91 Å². The van der Waals surface area contributed by atoms with Crippen molar-refractivity contribution in [3.63, 3.8) is 0 Å². The Bertz CT molecular complexity index is 1660. The number of hydrogen-bond acceptors (Lipinski definition) is 9. The average molecular weight is 548 g/mol. The number of nitrogens with one attached hydrogen (secondary N) is 1. The predicted octanol–water partition coefficient (Wildman–Crippen LogP) is 2.71. The number of nitrogens with two attached hydrogens (primary N) is 1. The Kier molecular flexibility index (Phi) is 5.48. The van der Waals surface area contributed by atoms with Crippen molar-refractivity contribution in [1.29, 1.82) is 0 Å². The molecule has 202 valence electrons. The monoisotopic (exact) mass is 547 g/mol. The lowest BCUT2D eigenvalue weighted by Crippen LogP contribution is -2.46. The number of anilines is 1. The number of H-pyrrole nitrogens is 1. The zero-order valence-corrected chi connectivity index (χ0v) is 22.3. The smallest absolute Gasteiger partial charge is 0.291 e. The molecular weight excluding hydrogens is 518 g/mol. The largest absolute Gasteiger partial charge is 0.382 e. The van der Waals surface area contributed by atoms with Crippen LogP contribution in [0.15, 0.2) is 35.7 Å². The first-order valence-electron chi connectivity index (χ1n) is 13.3. The maximum Gasteiger partial charge on any atom is 0.291 e. The van der Waals surface area contributed by atoms with Crippen molar-refractivity contribution in [2.45, 2.75) is 73.8 Å². The summed E-state index contributed by atoms with van der Waals surface area (Å²) in [6, 6.07) is 3.97. The summed E-state index contributed by atoms with van der Waals surface area (Å²) < 4.78 is 27.5. The molecule has 2 saturated heterocycles. The highest BCUT2D eigenvalue weighted by molar-refractivity contribution is 7.91. The van der Waals surface area contributed by atoms with E-state index < -0.39 is 9.84 Å². The number of nitrogens with zero attached hydrogens (tertiary/aromatic N) is 7. The number of piperidine rings is 1. The third-order valence-electron chi connectivity index (χ3n) is 8.63. The van der Waals surface area contributed by atoms with Gasteiger partial charge in [0.1, 0.15) is 17.0 Å². The van der Waals surface area contributed by atoms with E-state index in [9.17, 15) is 13.2 Å². The number of carbonyl (C=O) groups excluding carboxylic acids is 1. The molecule has 0 spiro atoms. The van der Waals surface area contributed by atoms with Crippen LogP contribution in [0.2, 0.25) is 0 Å². The molecule has 0 radical (unpaired) electrons. The van der Waals surface area contributed by atoms with E-state index in [1.165, 1.54) is 30.1 Å². The first-order chi connectivity index (χ1) is 18.8. The van der Waals surface area contributed by atoms with E-state index in [2.05, 4.69) is 31.3 Å². The predicted molar refractivity (Wildman–Crippen MR) is 142 cm³/mol. The summed E-state index contributed by atoms with van der Waals surface area (Å²) in [7, 11) is -3.72. The molecule has 3 aliphatic rings. The van der Waals surface area contributed by atoms with E-state index >= 15 is 0 Å². The van der Waals surface area contributed by atoms with Crippen molar-refractivity contribution in [3.8, 4) is 11.1 Å². The molecule has 12 nitrogen and oxygen atoms in total. The number of amides is 1. The first-order valence-corrected chi connectivity index (χ1v) is 15.2. The van der Waals surface area contributed by atoms with Crippen LogP contribution in [0.1, 0.15) is 78.8 Å². The Balaban J connectivity index is 1.28. The highest BCUT2D eigenvalue weighted by Crippen LogP contribution is 2.45. The third-order valence-corrected chi connectivity index (χ3v) is 9.79. The molecule has 3 fully saturated rings. The van der Waals surface area contributed by atoms with Gasteiger partial charge in [-0.25, -0.2) is 18.4 Å². The van der Waals surface area contributed by atoms with Crippen LogP contribution in [0.25, 0.3) is 16.8 Å². The molecule has 1 amide bonds. The minimum absolute atomic E-state index is 0.0162. The number of sulfone groups is 1. The molecule has 3 atom stereocenters. The van der Waals surface area contributed by atoms with Gasteiger partial charge in [0, 0.05) is 53.2 Å². The zero-order chi connectivity index (χ0) is 26.9. The fourth-order valence-corrected chi connectivity index (χ4v) is 7.61. The molecule has 2 unspecified atom stereocenters. The van der Waals surface area contributed by atoms with Crippen molar-refractivity contribution < 1.29 is 13.2 Å². The van der Waals surface area contributed by atoms with Gasteiger partial charge in [-0.1, -0.05) is 12.5 Å². The average Bonchev–Trinajstić information content (AvgIpc) is 3.61. The summed E-state index contributed by atoms with van der Waals surface area (Å²) in [4.78, 5) is 28.7. The van der Waals surface area contributed by atoms with Gasteiger partial charge in [0.05, 0.1) is 11.9 Å². The van der Waals surface area contributed by atoms with E-state index in [4.69, 9.17) is 10.7 Å². The molecule has 4 aromatic rings. The summed E-state index contributed by atoms with van der Waals surface area (Å²) in [5, 5.41) is 10.9. The van der Waals surface area contributed by atoms with Crippen molar-refractivity contribution in [2.75, 3.05) is 12.0 Å². The Morgan fingerprint density at radius 2 is 1.82 bits per heavy atom. The van der Waals surface area contributed by atoms with E-state index in [0.717, 1.165) is 35.9 Å². The van der Waals surface area contributed by atoms with Crippen LogP contribution in [0, 0.1) is 0 Å². The van der Waals surface area contributed by atoms with Crippen LogP contribution in [-0.4, -0.2) is 72.3 Å². The highest BCUT2D eigenvalue weighted by Gasteiger charge is 2.46. The van der Waals surface area contributed by atoms with Crippen LogP contribution in [0.5, 0.6) is 0 Å². The lowest BCUT2D eigenvalue weighted by atomic mass is 9.82. The number of hydrogen-bond donors (Lipinski definition) is 2. The Labute approximate surface area is 225 Å². The maximum absolute atomic E-state index is 13.1.